The third kappa shape index (κ3) is 1.62. The van der Waals surface area contributed by atoms with Gasteiger partial charge in [-0.25, -0.2) is 0 Å². The summed E-state index contributed by atoms with van der Waals surface area (Å²) < 4.78 is 19.0. The van der Waals surface area contributed by atoms with Crippen molar-refractivity contribution in [2.24, 2.45) is 11.3 Å². The summed E-state index contributed by atoms with van der Waals surface area (Å²) in [6, 6.07) is 5.16. The molecule has 2 heterocycles. The molecule has 0 aromatic heterocycles. The van der Waals surface area contributed by atoms with Crippen molar-refractivity contribution in [1.29, 1.82) is 0 Å². The fourth-order valence-corrected chi connectivity index (χ4v) is 8.44. The molecule has 4 bridgehead atoms. The Hall–Kier alpha value is -1.26. The molecule has 4 heteroatoms. The highest BCUT2D eigenvalue weighted by atomic mass is 16.6. The van der Waals surface area contributed by atoms with Crippen LogP contribution in [-0.4, -0.2) is 50.0 Å². The van der Waals surface area contributed by atoms with Gasteiger partial charge in [0.2, 0.25) is 0 Å². The van der Waals surface area contributed by atoms with Crippen molar-refractivity contribution in [2.75, 3.05) is 27.3 Å². The van der Waals surface area contributed by atoms with Crippen molar-refractivity contribution in [3.05, 3.63) is 23.3 Å². The number of fused-ring (bicyclic) bond motifs is 2. The van der Waals surface area contributed by atoms with E-state index in [-0.39, 0.29) is 17.1 Å². The summed E-state index contributed by atoms with van der Waals surface area (Å²) in [6.07, 6.45) is 10.3. The van der Waals surface area contributed by atoms with Crippen LogP contribution in [0.2, 0.25) is 0 Å². The van der Waals surface area contributed by atoms with Crippen LogP contribution in [0.25, 0.3) is 0 Å². The van der Waals surface area contributed by atoms with Gasteiger partial charge in [-0.2, -0.15) is 0 Å². The third-order valence-electron chi connectivity index (χ3n) is 9.79. The minimum Gasteiger partial charge on any atom is -0.493 e. The smallest absolute Gasteiger partial charge is 0.165 e. The number of ether oxygens (including phenoxy) is 3. The maximum absolute atomic E-state index is 6.88. The van der Waals surface area contributed by atoms with Gasteiger partial charge in [-0.15, -0.1) is 0 Å². The summed E-state index contributed by atoms with van der Waals surface area (Å²) in [5.41, 5.74) is 3.40. The average molecular weight is 382 g/mol. The molecule has 0 radical (unpaired) electrons. The average Bonchev–Trinajstić information content (AvgIpc) is 3.47. The van der Waals surface area contributed by atoms with Crippen LogP contribution in [-0.2, 0) is 16.6 Å². The molecule has 4 nitrogen and oxygen atoms in total. The Labute approximate surface area is 167 Å². The van der Waals surface area contributed by atoms with E-state index in [2.05, 4.69) is 17.0 Å². The van der Waals surface area contributed by atoms with Gasteiger partial charge in [0.25, 0.3) is 0 Å². The monoisotopic (exact) mass is 381 g/mol. The highest BCUT2D eigenvalue weighted by Crippen LogP contribution is 2.75. The fraction of sp³-hybridized carbons (Fsp3) is 0.750. The number of hydrogen-bond acceptors (Lipinski definition) is 4. The number of piperidine rings is 1. The first-order chi connectivity index (χ1) is 13.7. The molecule has 8 rings (SSSR count). The molecule has 28 heavy (non-hydrogen) atoms. The van der Waals surface area contributed by atoms with Gasteiger partial charge in [0, 0.05) is 30.7 Å². The minimum absolute atomic E-state index is 0.121. The van der Waals surface area contributed by atoms with Crippen LogP contribution in [0.3, 0.4) is 0 Å². The van der Waals surface area contributed by atoms with E-state index in [0.29, 0.717) is 11.5 Å². The minimum atomic E-state index is -0.121. The zero-order valence-corrected chi connectivity index (χ0v) is 17.1. The van der Waals surface area contributed by atoms with E-state index >= 15 is 0 Å². The number of nitrogens with zero attached hydrogens (tertiary/aromatic N) is 1. The lowest BCUT2D eigenvalue weighted by molar-refractivity contribution is -0.251. The molecule has 4 saturated carbocycles. The highest BCUT2D eigenvalue weighted by Gasteiger charge is 2.78. The molecule has 5 aliphatic carbocycles. The first-order valence-corrected chi connectivity index (χ1v) is 11.3. The summed E-state index contributed by atoms with van der Waals surface area (Å²) in [7, 11) is 3.70. The van der Waals surface area contributed by atoms with Crippen LogP contribution in [0.4, 0.5) is 0 Å². The summed E-state index contributed by atoms with van der Waals surface area (Å²) >= 11 is 0. The first-order valence-electron chi connectivity index (χ1n) is 11.3. The number of likely N-dealkylation sites (tertiary alicyclic amines) is 1. The zero-order valence-electron chi connectivity index (χ0n) is 17.1. The second-order valence-corrected chi connectivity index (χ2v) is 10.4. The Kier molecular flexibility index (Phi) is 2.99. The van der Waals surface area contributed by atoms with Crippen molar-refractivity contribution in [2.45, 2.75) is 74.5 Å². The van der Waals surface area contributed by atoms with E-state index in [1.54, 1.807) is 7.11 Å². The summed E-state index contributed by atoms with van der Waals surface area (Å²) in [6.45, 7) is 2.54. The third-order valence-corrected chi connectivity index (χ3v) is 9.79. The summed E-state index contributed by atoms with van der Waals surface area (Å²) in [5, 5.41) is 0. The van der Waals surface area contributed by atoms with Gasteiger partial charge in [-0.3, -0.25) is 4.90 Å². The fourth-order valence-electron chi connectivity index (χ4n) is 8.44. The number of methoxy groups -OCH3 is 2. The van der Waals surface area contributed by atoms with Gasteiger partial charge >= 0.3 is 0 Å². The molecule has 3 unspecified atom stereocenters. The lowest BCUT2D eigenvalue weighted by atomic mass is 9.36. The Balaban J connectivity index is 1.47. The Morgan fingerprint density at radius 3 is 2.64 bits per heavy atom. The standard InChI is InChI=1S/C24H31NO3/c1-26-17-6-5-16-13-18-22-7-9-23(27-2,10-8-22)21-24(22,19(16)20(17)28-21)11-12-25(18)14-15-3-4-15/h5-6,15,18,21H,3-4,7-14H2,1-2H3. The van der Waals surface area contributed by atoms with Gasteiger partial charge in [-0.05, 0) is 80.9 Å². The maximum Gasteiger partial charge on any atom is 0.165 e. The summed E-state index contributed by atoms with van der Waals surface area (Å²) in [5.74, 6) is 2.93. The number of benzene rings is 1. The van der Waals surface area contributed by atoms with Crippen molar-refractivity contribution < 1.29 is 14.2 Å². The lowest BCUT2D eigenvalue weighted by Gasteiger charge is -2.72. The van der Waals surface area contributed by atoms with E-state index in [4.69, 9.17) is 14.2 Å². The molecule has 3 atom stereocenters. The quantitative estimate of drug-likeness (QED) is 0.796. The van der Waals surface area contributed by atoms with E-state index in [1.807, 2.05) is 7.11 Å². The van der Waals surface area contributed by atoms with E-state index in [1.165, 1.54) is 62.7 Å². The van der Waals surface area contributed by atoms with E-state index in [9.17, 15) is 0 Å². The van der Waals surface area contributed by atoms with Crippen molar-refractivity contribution in [1.82, 2.24) is 4.90 Å². The Bertz CT molecular complexity index is 854. The number of hydrogen-bond donors (Lipinski definition) is 0. The lowest BCUT2D eigenvalue weighted by Crippen LogP contribution is -2.78. The molecule has 7 aliphatic rings. The van der Waals surface area contributed by atoms with E-state index < -0.39 is 0 Å². The predicted octanol–water partition coefficient (Wildman–Crippen LogP) is 3.69. The van der Waals surface area contributed by atoms with Gasteiger partial charge in [0.1, 0.15) is 11.7 Å². The number of rotatable bonds is 4. The molecular weight excluding hydrogens is 350 g/mol. The second kappa shape index (κ2) is 5.07. The van der Waals surface area contributed by atoms with Crippen LogP contribution < -0.4 is 9.47 Å². The second-order valence-electron chi connectivity index (χ2n) is 10.4. The van der Waals surface area contributed by atoms with Crippen LogP contribution in [0.15, 0.2) is 12.1 Å². The molecule has 2 spiro atoms. The molecule has 1 aromatic rings. The molecule has 1 saturated heterocycles. The Morgan fingerprint density at radius 2 is 1.93 bits per heavy atom. The SMILES string of the molecule is COc1ccc2c3c1OC1C4(OC)CCC5(CC4)C(C2)N(CC2CC2)CCC315. The van der Waals surface area contributed by atoms with Gasteiger partial charge in [-0.1, -0.05) is 6.07 Å². The van der Waals surface area contributed by atoms with Crippen molar-refractivity contribution in [3.8, 4) is 11.5 Å². The molecule has 0 N–H and O–H groups in total. The molecule has 2 aliphatic heterocycles. The largest absolute Gasteiger partial charge is 0.493 e. The zero-order chi connectivity index (χ0) is 18.7. The van der Waals surface area contributed by atoms with Gasteiger partial charge in [0.15, 0.2) is 11.5 Å². The predicted molar refractivity (Wildman–Crippen MR) is 106 cm³/mol. The molecule has 1 aromatic carbocycles. The molecule has 0 amide bonds. The van der Waals surface area contributed by atoms with Crippen LogP contribution >= 0.6 is 0 Å². The van der Waals surface area contributed by atoms with Crippen molar-refractivity contribution >= 4 is 0 Å². The molecule has 150 valence electrons. The van der Waals surface area contributed by atoms with Crippen LogP contribution in [0, 0.1) is 11.3 Å². The highest BCUT2D eigenvalue weighted by molar-refractivity contribution is 5.63. The van der Waals surface area contributed by atoms with Gasteiger partial charge in [0.05, 0.1) is 7.11 Å². The van der Waals surface area contributed by atoms with Crippen LogP contribution in [0.5, 0.6) is 11.5 Å². The van der Waals surface area contributed by atoms with Crippen LogP contribution in [0.1, 0.15) is 56.1 Å². The first kappa shape index (κ1) is 16.5. The normalized spacial score (nSPS) is 44.9. The van der Waals surface area contributed by atoms with E-state index in [0.717, 1.165) is 30.3 Å². The Morgan fingerprint density at radius 1 is 1.11 bits per heavy atom. The summed E-state index contributed by atoms with van der Waals surface area (Å²) in [4.78, 5) is 2.90. The maximum atomic E-state index is 6.88. The molecule has 5 fully saturated rings. The topological polar surface area (TPSA) is 30.9 Å². The molecular formula is C24H31NO3. The van der Waals surface area contributed by atoms with Gasteiger partial charge < -0.3 is 14.2 Å². The van der Waals surface area contributed by atoms with Crippen molar-refractivity contribution in [3.63, 3.8) is 0 Å².